The number of rotatable bonds is 9. The Morgan fingerprint density at radius 1 is 1.10 bits per heavy atom. The molecule has 0 amide bonds. The van der Waals surface area contributed by atoms with Gasteiger partial charge in [0.05, 0.1) is 20.1 Å². The Labute approximate surface area is 125 Å². The lowest BCUT2D eigenvalue weighted by atomic mass is 10.2. The molecule has 1 aromatic heterocycles. The SMILES string of the molecule is C[NH2+]CCC[NH2+]Cc1ccc(OCc2cccs2)cc1. The molecular formula is C16H24N2OS+2. The van der Waals surface area contributed by atoms with E-state index in [4.69, 9.17) is 4.74 Å². The molecule has 0 aliphatic heterocycles. The molecule has 20 heavy (non-hydrogen) atoms. The highest BCUT2D eigenvalue weighted by molar-refractivity contribution is 7.09. The normalized spacial score (nSPS) is 10.7. The molecule has 0 aliphatic carbocycles. The molecule has 0 atom stereocenters. The maximum absolute atomic E-state index is 5.76. The Kier molecular flexibility index (Phi) is 6.57. The predicted octanol–water partition coefficient (Wildman–Crippen LogP) is 0.974. The lowest BCUT2D eigenvalue weighted by molar-refractivity contribution is -0.682. The summed E-state index contributed by atoms with van der Waals surface area (Å²) in [4.78, 5) is 1.26. The molecule has 4 heteroatoms. The van der Waals surface area contributed by atoms with E-state index in [1.54, 1.807) is 11.3 Å². The van der Waals surface area contributed by atoms with Crippen molar-refractivity contribution in [1.29, 1.82) is 0 Å². The van der Waals surface area contributed by atoms with Crippen molar-refractivity contribution in [2.24, 2.45) is 0 Å². The fraction of sp³-hybridized carbons (Fsp3) is 0.375. The van der Waals surface area contributed by atoms with Crippen molar-refractivity contribution in [3.8, 4) is 5.75 Å². The number of hydrogen-bond acceptors (Lipinski definition) is 2. The molecule has 0 saturated heterocycles. The van der Waals surface area contributed by atoms with Crippen LogP contribution in [0, 0.1) is 0 Å². The van der Waals surface area contributed by atoms with Crippen LogP contribution in [-0.4, -0.2) is 20.1 Å². The Hall–Kier alpha value is -1.36. The summed E-state index contributed by atoms with van der Waals surface area (Å²) in [5.74, 6) is 0.947. The van der Waals surface area contributed by atoms with E-state index < -0.39 is 0 Å². The third-order valence-electron chi connectivity index (χ3n) is 3.17. The zero-order valence-electron chi connectivity index (χ0n) is 12.0. The van der Waals surface area contributed by atoms with Crippen LogP contribution in [0.5, 0.6) is 5.75 Å². The summed E-state index contributed by atoms with van der Waals surface area (Å²) in [5.41, 5.74) is 1.36. The van der Waals surface area contributed by atoms with Crippen molar-refractivity contribution in [3.05, 3.63) is 52.2 Å². The topological polar surface area (TPSA) is 42.5 Å². The average molecular weight is 292 g/mol. The summed E-state index contributed by atoms with van der Waals surface area (Å²) < 4.78 is 5.76. The number of nitrogens with two attached hydrogens (primary N) is 2. The molecule has 2 aromatic rings. The first-order valence-corrected chi connectivity index (χ1v) is 8.10. The molecule has 1 heterocycles. The molecule has 0 unspecified atom stereocenters. The lowest BCUT2D eigenvalue weighted by Gasteiger charge is -2.06. The zero-order valence-corrected chi connectivity index (χ0v) is 12.9. The van der Waals surface area contributed by atoms with Gasteiger partial charge in [-0.1, -0.05) is 6.07 Å². The molecule has 108 valence electrons. The first kappa shape index (κ1) is 15.0. The Morgan fingerprint density at radius 2 is 1.95 bits per heavy atom. The Balaban J connectivity index is 1.69. The number of ether oxygens (including phenoxy) is 1. The van der Waals surface area contributed by atoms with Crippen LogP contribution in [0.25, 0.3) is 0 Å². The second kappa shape index (κ2) is 8.74. The van der Waals surface area contributed by atoms with Crippen LogP contribution in [0.15, 0.2) is 41.8 Å². The van der Waals surface area contributed by atoms with Crippen LogP contribution in [0.3, 0.4) is 0 Å². The summed E-state index contributed by atoms with van der Waals surface area (Å²) in [7, 11) is 2.12. The maximum Gasteiger partial charge on any atom is 0.122 e. The van der Waals surface area contributed by atoms with Crippen LogP contribution >= 0.6 is 11.3 Å². The second-order valence-corrected chi connectivity index (χ2v) is 5.88. The third kappa shape index (κ3) is 5.33. The first-order chi connectivity index (χ1) is 9.88. The summed E-state index contributed by atoms with van der Waals surface area (Å²) in [6.07, 6.45) is 1.26. The quantitative estimate of drug-likeness (QED) is 0.665. The van der Waals surface area contributed by atoms with E-state index in [0.717, 1.165) is 12.3 Å². The molecule has 1 aromatic carbocycles. The summed E-state index contributed by atoms with van der Waals surface area (Å²) in [5, 5.41) is 6.67. The minimum Gasteiger partial charge on any atom is -0.488 e. The van der Waals surface area contributed by atoms with Crippen LogP contribution < -0.4 is 15.4 Å². The molecule has 0 saturated carbocycles. The Bertz CT molecular complexity index is 468. The van der Waals surface area contributed by atoms with Gasteiger partial charge in [-0.15, -0.1) is 11.3 Å². The zero-order chi connectivity index (χ0) is 14.0. The smallest absolute Gasteiger partial charge is 0.122 e. The van der Waals surface area contributed by atoms with E-state index in [0.29, 0.717) is 6.61 Å². The van der Waals surface area contributed by atoms with E-state index in [9.17, 15) is 0 Å². The van der Waals surface area contributed by atoms with Gasteiger partial charge in [0.1, 0.15) is 18.9 Å². The van der Waals surface area contributed by atoms with Crippen LogP contribution in [-0.2, 0) is 13.2 Å². The highest BCUT2D eigenvalue weighted by atomic mass is 32.1. The van der Waals surface area contributed by atoms with Gasteiger partial charge in [-0.05, 0) is 35.7 Å². The summed E-state index contributed by atoms with van der Waals surface area (Å²) in [6.45, 7) is 4.12. The highest BCUT2D eigenvalue weighted by Crippen LogP contribution is 2.16. The van der Waals surface area contributed by atoms with Crippen LogP contribution in [0.1, 0.15) is 16.9 Å². The highest BCUT2D eigenvalue weighted by Gasteiger charge is 1.99. The van der Waals surface area contributed by atoms with Crippen LogP contribution in [0.2, 0.25) is 0 Å². The monoisotopic (exact) mass is 292 g/mol. The van der Waals surface area contributed by atoms with Crippen molar-refractivity contribution < 1.29 is 15.4 Å². The lowest BCUT2D eigenvalue weighted by Crippen LogP contribution is -2.85. The minimum atomic E-state index is 0.663. The first-order valence-electron chi connectivity index (χ1n) is 7.22. The van der Waals surface area contributed by atoms with Gasteiger partial charge in [0.15, 0.2) is 0 Å². The molecule has 2 rings (SSSR count). The van der Waals surface area contributed by atoms with E-state index in [2.05, 4.69) is 59.5 Å². The Morgan fingerprint density at radius 3 is 2.65 bits per heavy atom. The van der Waals surface area contributed by atoms with Gasteiger partial charge in [-0.2, -0.15) is 0 Å². The number of benzene rings is 1. The molecule has 0 radical (unpaired) electrons. The van der Waals surface area contributed by atoms with Crippen molar-refractivity contribution >= 4 is 11.3 Å². The van der Waals surface area contributed by atoms with E-state index in [-0.39, 0.29) is 0 Å². The van der Waals surface area contributed by atoms with Gasteiger partial charge in [0, 0.05) is 16.9 Å². The van der Waals surface area contributed by atoms with Crippen molar-refractivity contribution in [1.82, 2.24) is 0 Å². The van der Waals surface area contributed by atoms with Gasteiger partial charge >= 0.3 is 0 Å². The van der Waals surface area contributed by atoms with Crippen molar-refractivity contribution in [2.45, 2.75) is 19.6 Å². The van der Waals surface area contributed by atoms with Crippen molar-refractivity contribution in [3.63, 3.8) is 0 Å². The number of thiophene rings is 1. The fourth-order valence-electron chi connectivity index (χ4n) is 2.01. The van der Waals surface area contributed by atoms with Gasteiger partial charge in [-0.25, -0.2) is 0 Å². The maximum atomic E-state index is 5.76. The standard InChI is InChI=1S/C16H22N2OS/c1-17-9-3-10-18-12-14-5-7-15(8-6-14)19-13-16-4-2-11-20-16/h2,4-8,11,17-18H,3,9-10,12-13H2,1H3/p+2. The molecule has 4 N–H and O–H groups in total. The molecule has 0 aliphatic rings. The molecule has 0 spiro atoms. The number of hydrogen-bond donors (Lipinski definition) is 2. The van der Waals surface area contributed by atoms with Crippen molar-refractivity contribution in [2.75, 3.05) is 20.1 Å². The molecule has 0 bridgehead atoms. The van der Waals surface area contributed by atoms with Gasteiger partial charge < -0.3 is 15.4 Å². The summed E-state index contributed by atoms with van der Waals surface area (Å²) >= 11 is 1.73. The second-order valence-electron chi connectivity index (χ2n) is 4.84. The van der Waals surface area contributed by atoms with E-state index in [1.807, 2.05) is 0 Å². The fourth-order valence-corrected chi connectivity index (χ4v) is 2.62. The van der Waals surface area contributed by atoms with E-state index >= 15 is 0 Å². The molecule has 3 nitrogen and oxygen atoms in total. The minimum absolute atomic E-state index is 0.663. The van der Waals surface area contributed by atoms with Crippen LogP contribution in [0.4, 0.5) is 0 Å². The van der Waals surface area contributed by atoms with Gasteiger partial charge in [-0.3, -0.25) is 0 Å². The summed E-state index contributed by atoms with van der Waals surface area (Å²) in [6, 6.07) is 12.6. The van der Waals surface area contributed by atoms with Gasteiger partial charge in [0.25, 0.3) is 0 Å². The molecule has 0 fully saturated rings. The number of quaternary nitrogens is 2. The largest absolute Gasteiger partial charge is 0.488 e. The third-order valence-corrected chi connectivity index (χ3v) is 4.02. The van der Waals surface area contributed by atoms with Gasteiger partial charge in [0.2, 0.25) is 0 Å². The molecular weight excluding hydrogens is 268 g/mol. The average Bonchev–Trinajstić information content (AvgIpc) is 2.99. The predicted molar refractivity (Wildman–Crippen MR) is 82.9 cm³/mol. The van der Waals surface area contributed by atoms with E-state index in [1.165, 1.54) is 30.0 Å².